The summed E-state index contributed by atoms with van der Waals surface area (Å²) in [5, 5.41) is 4.64. The van der Waals surface area contributed by atoms with Crippen LogP contribution in [0, 0.1) is 11.6 Å². The first-order chi connectivity index (χ1) is 11.0. The van der Waals surface area contributed by atoms with E-state index in [1.165, 1.54) is 17.8 Å². The zero-order valence-corrected chi connectivity index (χ0v) is 12.6. The SMILES string of the molecule is O=C(C[C@@H]1Sc2ccccc2NC1=O)Nc1ccc(F)c(F)c1. The maximum atomic E-state index is 13.1. The van der Waals surface area contributed by atoms with Crippen molar-refractivity contribution in [1.82, 2.24) is 0 Å². The van der Waals surface area contributed by atoms with Crippen LogP contribution in [0.2, 0.25) is 0 Å². The monoisotopic (exact) mass is 334 g/mol. The molecule has 4 nitrogen and oxygen atoms in total. The van der Waals surface area contributed by atoms with Gasteiger partial charge in [0, 0.05) is 23.1 Å². The quantitative estimate of drug-likeness (QED) is 0.904. The molecule has 0 saturated carbocycles. The van der Waals surface area contributed by atoms with E-state index in [2.05, 4.69) is 10.6 Å². The summed E-state index contributed by atoms with van der Waals surface area (Å²) in [5.41, 5.74) is 0.871. The number of anilines is 2. The van der Waals surface area contributed by atoms with Crippen LogP contribution in [0.4, 0.5) is 20.2 Å². The Hall–Kier alpha value is -2.41. The summed E-state index contributed by atoms with van der Waals surface area (Å²) in [5.74, 6) is -2.72. The molecule has 0 saturated heterocycles. The number of hydrogen-bond acceptors (Lipinski definition) is 3. The van der Waals surface area contributed by atoms with E-state index in [1.54, 1.807) is 6.07 Å². The molecule has 23 heavy (non-hydrogen) atoms. The van der Waals surface area contributed by atoms with Crippen molar-refractivity contribution in [2.75, 3.05) is 10.6 Å². The lowest BCUT2D eigenvalue weighted by Gasteiger charge is -2.23. The number of halogens is 2. The number of amides is 2. The summed E-state index contributed by atoms with van der Waals surface area (Å²) in [4.78, 5) is 24.9. The fourth-order valence-corrected chi connectivity index (χ4v) is 3.29. The number of carbonyl (C=O) groups excluding carboxylic acids is 2. The van der Waals surface area contributed by atoms with Gasteiger partial charge in [0.2, 0.25) is 11.8 Å². The number of benzene rings is 2. The first-order valence-corrected chi connectivity index (χ1v) is 7.72. The van der Waals surface area contributed by atoms with E-state index in [0.29, 0.717) is 0 Å². The third-order valence-electron chi connectivity index (χ3n) is 3.28. The standard InChI is InChI=1S/C16H12F2N2O2S/c17-10-6-5-9(7-11(10)18)19-15(21)8-14-16(22)20-12-3-1-2-4-13(12)23-14/h1-7,14H,8H2,(H,19,21)(H,20,22)/t14-/m0/s1. The van der Waals surface area contributed by atoms with Crippen molar-refractivity contribution < 1.29 is 18.4 Å². The lowest BCUT2D eigenvalue weighted by molar-refractivity contribution is -0.120. The molecule has 2 N–H and O–H groups in total. The molecule has 0 radical (unpaired) electrons. The molecule has 0 aliphatic carbocycles. The van der Waals surface area contributed by atoms with Gasteiger partial charge in [-0.1, -0.05) is 12.1 Å². The van der Waals surface area contributed by atoms with Gasteiger partial charge >= 0.3 is 0 Å². The van der Waals surface area contributed by atoms with Gasteiger partial charge in [0.15, 0.2) is 11.6 Å². The maximum absolute atomic E-state index is 13.1. The van der Waals surface area contributed by atoms with Gasteiger partial charge in [-0.25, -0.2) is 8.78 Å². The number of nitrogens with one attached hydrogen (secondary N) is 2. The number of fused-ring (bicyclic) bond motifs is 1. The molecule has 0 aromatic heterocycles. The lowest BCUT2D eigenvalue weighted by atomic mass is 10.2. The highest BCUT2D eigenvalue weighted by Gasteiger charge is 2.28. The minimum absolute atomic E-state index is 0.0656. The van der Waals surface area contributed by atoms with Gasteiger partial charge in [-0.15, -0.1) is 11.8 Å². The van der Waals surface area contributed by atoms with Crippen LogP contribution in [0.5, 0.6) is 0 Å². The molecule has 1 aliphatic heterocycles. The molecule has 0 bridgehead atoms. The van der Waals surface area contributed by atoms with Gasteiger partial charge in [-0.05, 0) is 24.3 Å². The Morgan fingerprint density at radius 1 is 1.17 bits per heavy atom. The normalized spacial score (nSPS) is 16.4. The zero-order chi connectivity index (χ0) is 16.4. The summed E-state index contributed by atoms with van der Waals surface area (Å²) < 4.78 is 26.0. The Balaban J connectivity index is 1.66. The minimum Gasteiger partial charge on any atom is -0.326 e. The van der Waals surface area contributed by atoms with E-state index < -0.39 is 22.8 Å². The van der Waals surface area contributed by atoms with Gasteiger partial charge < -0.3 is 10.6 Å². The predicted molar refractivity (Wildman–Crippen MR) is 84.3 cm³/mol. The maximum Gasteiger partial charge on any atom is 0.238 e. The molecule has 7 heteroatoms. The van der Waals surface area contributed by atoms with Gasteiger partial charge in [0.05, 0.1) is 10.9 Å². The highest BCUT2D eigenvalue weighted by Crippen LogP contribution is 2.36. The van der Waals surface area contributed by atoms with E-state index in [9.17, 15) is 18.4 Å². The second-order valence-electron chi connectivity index (χ2n) is 4.97. The van der Waals surface area contributed by atoms with Gasteiger partial charge in [-0.3, -0.25) is 9.59 Å². The van der Waals surface area contributed by atoms with E-state index in [1.807, 2.05) is 18.2 Å². The van der Waals surface area contributed by atoms with Gasteiger partial charge in [0.25, 0.3) is 0 Å². The van der Waals surface area contributed by atoms with Crippen LogP contribution in [0.1, 0.15) is 6.42 Å². The van der Waals surface area contributed by atoms with Crippen LogP contribution in [-0.4, -0.2) is 17.1 Å². The number of thioether (sulfide) groups is 1. The number of hydrogen-bond donors (Lipinski definition) is 2. The van der Waals surface area contributed by atoms with E-state index in [4.69, 9.17) is 0 Å². The predicted octanol–water partition coefficient (Wildman–Crippen LogP) is 3.41. The second-order valence-corrected chi connectivity index (χ2v) is 6.22. The third-order valence-corrected chi connectivity index (χ3v) is 4.56. The Kier molecular flexibility index (Phi) is 4.29. The van der Waals surface area contributed by atoms with Gasteiger partial charge in [-0.2, -0.15) is 0 Å². The van der Waals surface area contributed by atoms with E-state index in [-0.39, 0.29) is 18.0 Å². The molecular formula is C16H12F2N2O2S. The Labute approximate surface area is 135 Å². The van der Waals surface area contributed by atoms with E-state index >= 15 is 0 Å². The first kappa shape index (κ1) is 15.5. The molecule has 2 aromatic rings. The van der Waals surface area contributed by atoms with Crippen LogP contribution >= 0.6 is 11.8 Å². The summed E-state index contributed by atoms with van der Waals surface area (Å²) in [6, 6.07) is 10.4. The molecule has 1 heterocycles. The van der Waals surface area contributed by atoms with E-state index in [0.717, 1.165) is 22.7 Å². The largest absolute Gasteiger partial charge is 0.326 e. The fraction of sp³-hybridized carbons (Fsp3) is 0.125. The molecule has 3 rings (SSSR count). The summed E-state index contributed by atoms with van der Waals surface area (Å²) in [6.07, 6.45) is -0.0656. The third kappa shape index (κ3) is 3.50. The molecule has 1 atom stereocenters. The van der Waals surface area contributed by atoms with Gasteiger partial charge in [0.1, 0.15) is 0 Å². The average Bonchev–Trinajstić information content (AvgIpc) is 2.51. The molecule has 2 aromatic carbocycles. The molecule has 2 amide bonds. The molecular weight excluding hydrogens is 322 g/mol. The Morgan fingerprint density at radius 2 is 1.96 bits per heavy atom. The Bertz CT molecular complexity index is 782. The smallest absolute Gasteiger partial charge is 0.238 e. The zero-order valence-electron chi connectivity index (χ0n) is 11.8. The van der Waals surface area contributed by atoms with Crippen LogP contribution in [0.3, 0.4) is 0 Å². The summed E-state index contributed by atoms with van der Waals surface area (Å²) >= 11 is 1.30. The summed E-state index contributed by atoms with van der Waals surface area (Å²) in [7, 11) is 0. The average molecular weight is 334 g/mol. The number of carbonyl (C=O) groups is 2. The van der Waals surface area contributed by atoms with Crippen molar-refractivity contribution >= 4 is 35.0 Å². The first-order valence-electron chi connectivity index (χ1n) is 6.84. The highest BCUT2D eigenvalue weighted by molar-refractivity contribution is 8.01. The van der Waals surface area contributed by atoms with Crippen molar-refractivity contribution in [2.24, 2.45) is 0 Å². The van der Waals surface area contributed by atoms with Crippen molar-refractivity contribution in [2.45, 2.75) is 16.6 Å². The lowest BCUT2D eigenvalue weighted by Crippen LogP contribution is -2.32. The fourth-order valence-electron chi connectivity index (χ4n) is 2.18. The molecule has 1 aliphatic rings. The van der Waals surface area contributed by atoms with Crippen LogP contribution in [0.15, 0.2) is 47.4 Å². The van der Waals surface area contributed by atoms with Crippen molar-refractivity contribution in [3.05, 3.63) is 54.1 Å². The van der Waals surface area contributed by atoms with Crippen molar-refractivity contribution in [1.29, 1.82) is 0 Å². The minimum atomic E-state index is -1.04. The molecule has 0 unspecified atom stereocenters. The van der Waals surface area contributed by atoms with Crippen molar-refractivity contribution in [3.63, 3.8) is 0 Å². The Morgan fingerprint density at radius 3 is 2.74 bits per heavy atom. The highest BCUT2D eigenvalue weighted by atomic mass is 32.2. The van der Waals surface area contributed by atoms with Crippen LogP contribution in [-0.2, 0) is 9.59 Å². The second kappa shape index (κ2) is 6.37. The molecule has 0 fully saturated rings. The van der Waals surface area contributed by atoms with Crippen molar-refractivity contribution in [3.8, 4) is 0 Å². The molecule has 0 spiro atoms. The number of rotatable bonds is 3. The topological polar surface area (TPSA) is 58.2 Å². The summed E-state index contributed by atoms with van der Waals surface area (Å²) in [6.45, 7) is 0. The van der Waals surface area contributed by atoms with Crippen LogP contribution < -0.4 is 10.6 Å². The molecule has 118 valence electrons. The van der Waals surface area contributed by atoms with Crippen LogP contribution in [0.25, 0.3) is 0 Å². The number of para-hydroxylation sites is 1.